The minimum atomic E-state index is -0.0411. The molecular formula is C17H19NO. The van der Waals surface area contributed by atoms with Gasteiger partial charge in [-0.05, 0) is 56.5 Å². The van der Waals surface area contributed by atoms with Gasteiger partial charge in [0.15, 0.2) is 0 Å². The second-order valence-corrected chi connectivity index (χ2v) is 5.10. The van der Waals surface area contributed by atoms with Crippen molar-refractivity contribution in [2.24, 2.45) is 0 Å². The molecule has 2 aromatic rings. The van der Waals surface area contributed by atoms with Crippen LogP contribution in [0.4, 0.5) is 5.69 Å². The first-order valence-electron chi connectivity index (χ1n) is 6.43. The van der Waals surface area contributed by atoms with Crippen LogP contribution in [0.15, 0.2) is 36.4 Å². The number of carbonyl (C=O) groups is 1. The van der Waals surface area contributed by atoms with Gasteiger partial charge in [0.1, 0.15) is 0 Å². The summed E-state index contributed by atoms with van der Waals surface area (Å²) in [6.45, 7) is 8.01. The zero-order valence-electron chi connectivity index (χ0n) is 11.9. The van der Waals surface area contributed by atoms with Crippen molar-refractivity contribution >= 4 is 11.6 Å². The van der Waals surface area contributed by atoms with Crippen molar-refractivity contribution in [3.05, 3.63) is 64.2 Å². The molecule has 0 aliphatic carbocycles. The van der Waals surface area contributed by atoms with Crippen LogP contribution in [0.2, 0.25) is 0 Å². The molecule has 0 fully saturated rings. The van der Waals surface area contributed by atoms with Crippen LogP contribution in [0.3, 0.4) is 0 Å². The number of nitrogens with one attached hydrogen (secondary N) is 1. The van der Waals surface area contributed by atoms with Crippen LogP contribution in [-0.4, -0.2) is 5.91 Å². The van der Waals surface area contributed by atoms with E-state index in [2.05, 4.69) is 5.32 Å². The highest BCUT2D eigenvalue weighted by atomic mass is 16.1. The van der Waals surface area contributed by atoms with Gasteiger partial charge in [-0.15, -0.1) is 0 Å². The molecule has 0 atom stereocenters. The third-order valence-electron chi connectivity index (χ3n) is 3.18. The van der Waals surface area contributed by atoms with Crippen LogP contribution in [0.5, 0.6) is 0 Å². The number of hydrogen-bond donors (Lipinski definition) is 1. The van der Waals surface area contributed by atoms with Crippen LogP contribution < -0.4 is 5.32 Å². The van der Waals surface area contributed by atoms with Gasteiger partial charge in [-0.1, -0.05) is 29.8 Å². The van der Waals surface area contributed by atoms with E-state index >= 15 is 0 Å². The molecule has 0 saturated heterocycles. The van der Waals surface area contributed by atoms with Crippen LogP contribution in [0, 0.1) is 27.7 Å². The lowest BCUT2D eigenvalue weighted by molar-refractivity contribution is 0.102. The van der Waals surface area contributed by atoms with Crippen molar-refractivity contribution in [3.63, 3.8) is 0 Å². The molecule has 0 aliphatic heterocycles. The zero-order valence-corrected chi connectivity index (χ0v) is 11.9. The second-order valence-electron chi connectivity index (χ2n) is 5.10. The summed E-state index contributed by atoms with van der Waals surface area (Å²) < 4.78 is 0. The molecule has 2 aromatic carbocycles. The smallest absolute Gasteiger partial charge is 0.256 e. The number of amides is 1. The minimum absolute atomic E-state index is 0.0411. The number of anilines is 1. The predicted molar refractivity (Wildman–Crippen MR) is 79.8 cm³/mol. The molecule has 2 heteroatoms. The Morgan fingerprint density at radius 2 is 1.53 bits per heavy atom. The number of hydrogen-bond acceptors (Lipinski definition) is 1. The van der Waals surface area contributed by atoms with E-state index in [1.807, 2.05) is 64.1 Å². The van der Waals surface area contributed by atoms with Gasteiger partial charge in [-0.25, -0.2) is 0 Å². The lowest BCUT2D eigenvalue weighted by Crippen LogP contribution is -2.15. The Labute approximate surface area is 114 Å². The fourth-order valence-electron chi connectivity index (χ4n) is 2.45. The summed E-state index contributed by atoms with van der Waals surface area (Å²) >= 11 is 0. The fraction of sp³-hybridized carbons (Fsp3) is 0.235. The maximum atomic E-state index is 12.4. The van der Waals surface area contributed by atoms with Gasteiger partial charge in [0, 0.05) is 11.3 Å². The van der Waals surface area contributed by atoms with Gasteiger partial charge in [0.05, 0.1) is 0 Å². The highest BCUT2D eigenvalue weighted by Gasteiger charge is 2.12. The summed E-state index contributed by atoms with van der Waals surface area (Å²) in [5.41, 5.74) is 5.96. The van der Waals surface area contributed by atoms with Gasteiger partial charge < -0.3 is 5.32 Å². The average molecular weight is 253 g/mol. The maximum absolute atomic E-state index is 12.4. The summed E-state index contributed by atoms with van der Waals surface area (Å²) in [5, 5.41) is 2.96. The molecule has 0 heterocycles. The Balaban J connectivity index is 2.31. The van der Waals surface area contributed by atoms with Crippen molar-refractivity contribution in [1.82, 2.24) is 0 Å². The molecule has 0 saturated carbocycles. The molecule has 2 nitrogen and oxygen atoms in total. The average Bonchev–Trinajstić information content (AvgIpc) is 2.27. The summed E-state index contributed by atoms with van der Waals surface area (Å²) in [6, 6.07) is 11.9. The molecule has 0 aromatic heterocycles. The molecule has 1 amide bonds. The van der Waals surface area contributed by atoms with E-state index in [1.165, 1.54) is 5.56 Å². The van der Waals surface area contributed by atoms with E-state index in [1.54, 1.807) is 0 Å². The normalized spacial score (nSPS) is 10.3. The molecule has 2 rings (SSSR count). The van der Waals surface area contributed by atoms with Crippen molar-refractivity contribution in [2.45, 2.75) is 27.7 Å². The molecule has 0 bridgehead atoms. The van der Waals surface area contributed by atoms with E-state index in [0.717, 1.165) is 27.9 Å². The van der Waals surface area contributed by atoms with Gasteiger partial charge in [-0.2, -0.15) is 0 Å². The summed E-state index contributed by atoms with van der Waals surface area (Å²) in [4.78, 5) is 12.4. The summed E-state index contributed by atoms with van der Waals surface area (Å²) in [6.07, 6.45) is 0. The summed E-state index contributed by atoms with van der Waals surface area (Å²) in [7, 11) is 0. The number of rotatable bonds is 2. The Morgan fingerprint density at radius 1 is 0.895 bits per heavy atom. The lowest BCUT2D eigenvalue weighted by atomic mass is 9.99. The van der Waals surface area contributed by atoms with Gasteiger partial charge in [0.2, 0.25) is 0 Å². The first-order chi connectivity index (χ1) is 8.97. The molecule has 98 valence electrons. The van der Waals surface area contributed by atoms with Gasteiger partial charge in [0.25, 0.3) is 5.91 Å². The molecule has 19 heavy (non-hydrogen) atoms. The van der Waals surface area contributed by atoms with Crippen molar-refractivity contribution in [3.8, 4) is 0 Å². The maximum Gasteiger partial charge on any atom is 0.256 e. The second kappa shape index (κ2) is 5.27. The Hall–Kier alpha value is -2.09. The highest BCUT2D eigenvalue weighted by molar-refractivity contribution is 6.06. The standard InChI is InChI=1S/C17H19NO/c1-11-6-5-7-15(10-11)18-17(19)16-13(3)8-12(2)9-14(16)4/h5-10H,1-4H3,(H,18,19). The quantitative estimate of drug-likeness (QED) is 0.855. The van der Waals surface area contributed by atoms with Gasteiger partial charge >= 0.3 is 0 Å². The minimum Gasteiger partial charge on any atom is -0.322 e. The van der Waals surface area contributed by atoms with Crippen LogP contribution in [-0.2, 0) is 0 Å². The molecular weight excluding hydrogens is 234 g/mol. The van der Waals surface area contributed by atoms with E-state index in [-0.39, 0.29) is 5.91 Å². The van der Waals surface area contributed by atoms with Crippen LogP contribution in [0.25, 0.3) is 0 Å². The highest BCUT2D eigenvalue weighted by Crippen LogP contribution is 2.18. The van der Waals surface area contributed by atoms with Crippen LogP contribution >= 0.6 is 0 Å². The van der Waals surface area contributed by atoms with Crippen molar-refractivity contribution in [1.29, 1.82) is 0 Å². The number of aryl methyl sites for hydroxylation is 4. The Morgan fingerprint density at radius 3 is 2.11 bits per heavy atom. The lowest BCUT2D eigenvalue weighted by Gasteiger charge is -2.12. The first-order valence-corrected chi connectivity index (χ1v) is 6.43. The Kier molecular flexibility index (Phi) is 3.70. The van der Waals surface area contributed by atoms with Crippen molar-refractivity contribution < 1.29 is 4.79 Å². The van der Waals surface area contributed by atoms with E-state index in [4.69, 9.17) is 0 Å². The molecule has 0 spiro atoms. The monoisotopic (exact) mass is 253 g/mol. The third kappa shape index (κ3) is 3.02. The molecule has 0 aliphatic rings. The van der Waals surface area contributed by atoms with Crippen molar-refractivity contribution in [2.75, 3.05) is 5.32 Å². The zero-order chi connectivity index (χ0) is 14.0. The third-order valence-corrected chi connectivity index (χ3v) is 3.18. The van der Waals surface area contributed by atoms with Gasteiger partial charge in [-0.3, -0.25) is 4.79 Å². The topological polar surface area (TPSA) is 29.1 Å². The predicted octanol–water partition coefficient (Wildman–Crippen LogP) is 4.17. The van der Waals surface area contributed by atoms with Crippen LogP contribution in [0.1, 0.15) is 32.6 Å². The van der Waals surface area contributed by atoms with E-state index < -0.39 is 0 Å². The first kappa shape index (κ1) is 13.3. The number of benzene rings is 2. The molecule has 0 radical (unpaired) electrons. The van der Waals surface area contributed by atoms with E-state index in [9.17, 15) is 4.79 Å². The SMILES string of the molecule is Cc1cccc(NC(=O)c2c(C)cc(C)cc2C)c1. The summed E-state index contributed by atoms with van der Waals surface area (Å²) in [5.74, 6) is -0.0411. The molecule has 1 N–H and O–H groups in total. The Bertz CT molecular complexity index is 606. The fourth-order valence-corrected chi connectivity index (χ4v) is 2.45. The van der Waals surface area contributed by atoms with E-state index in [0.29, 0.717) is 0 Å². The largest absolute Gasteiger partial charge is 0.322 e. The molecule has 0 unspecified atom stereocenters. The number of carbonyl (C=O) groups excluding carboxylic acids is 1.